The fourth-order valence-corrected chi connectivity index (χ4v) is 1.21. The maximum absolute atomic E-state index is 12.2. The van der Waals surface area contributed by atoms with Crippen molar-refractivity contribution in [3.8, 4) is 5.75 Å². The predicted octanol–water partition coefficient (Wildman–Crippen LogP) is 1.62. The SMILES string of the molecule is COc1ccc([C@@H](N)[C@@H](O)C(F)(F)F)cc1. The molecule has 0 saturated heterocycles. The molecular weight excluding hydrogens is 223 g/mol. The minimum atomic E-state index is -4.72. The van der Waals surface area contributed by atoms with Crippen molar-refractivity contribution in [3.63, 3.8) is 0 Å². The van der Waals surface area contributed by atoms with Crippen LogP contribution in [0, 0.1) is 0 Å². The van der Waals surface area contributed by atoms with Crippen LogP contribution in [0.4, 0.5) is 13.2 Å². The lowest BCUT2D eigenvalue weighted by atomic mass is 10.0. The number of aliphatic hydroxyl groups excluding tert-OH is 1. The number of hydrogen-bond acceptors (Lipinski definition) is 3. The normalized spacial score (nSPS) is 15.6. The van der Waals surface area contributed by atoms with Crippen LogP contribution in [-0.4, -0.2) is 24.5 Å². The van der Waals surface area contributed by atoms with E-state index in [4.69, 9.17) is 15.6 Å². The number of halogens is 3. The molecule has 0 bridgehead atoms. The number of nitrogens with two attached hydrogens (primary N) is 1. The zero-order valence-corrected chi connectivity index (χ0v) is 8.53. The van der Waals surface area contributed by atoms with E-state index in [2.05, 4.69) is 0 Å². The number of benzene rings is 1. The first kappa shape index (κ1) is 12.8. The summed E-state index contributed by atoms with van der Waals surface area (Å²) in [7, 11) is 1.44. The fraction of sp³-hybridized carbons (Fsp3) is 0.400. The molecule has 0 aliphatic carbocycles. The summed E-state index contributed by atoms with van der Waals surface area (Å²) in [4.78, 5) is 0. The number of ether oxygens (including phenoxy) is 1. The first-order valence-electron chi connectivity index (χ1n) is 4.50. The Hall–Kier alpha value is -1.27. The second-order valence-electron chi connectivity index (χ2n) is 3.29. The molecule has 3 nitrogen and oxygen atoms in total. The largest absolute Gasteiger partial charge is 0.497 e. The molecule has 3 N–H and O–H groups in total. The van der Waals surface area contributed by atoms with E-state index in [-0.39, 0.29) is 5.56 Å². The molecule has 90 valence electrons. The maximum atomic E-state index is 12.2. The Morgan fingerprint density at radius 3 is 2.12 bits per heavy atom. The third kappa shape index (κ3) is 2.86. The van der Waals surface area contributed by atoms with E-state index in [1.165, 1.54) is 31.4 Å². The molecule has 0 heterocycles. The van der Waals surface area contributed by atoms with Crippen molar-refractivity contribution in [1.29, 1.82) is 0 Å². The van der Waals surface area contributed by atoms with E-state index in [1.54, 1.807) is 0 Å². The molecule has 1 aromatic rings. The van der Waals surface area contributed by atoms with Crippen LogP contribution in [0.3, 0.4) is 0 Å². The quantitative estimate of drug-likeness (QED) is 0.837. The Labute approximate surface area is 90.6 Å². The molecule has 0 aliphatic heterocycles. The highest BCUT2D eigenvalue weighted by atomic mass is 19.4. The van der Waals surface area contributed by atoms with Gasteiger partial charge in [-0.05, 0) is 17.7 Å². The van der Waals surface area contributed by atoms with Crippen molar-refractivity contribution < 1.29 is 23.0 Å². The van der Waals surface area contributed by atoms with Gasteiger partial charge in [0.2, 0.25) is 0 Å². The van der Waals surface area contributed by atoms with Gasteiger partial charge in [-0.2, -0.15) is 13.2 Å². The minimum absolute atomic E-state index is 0.200. The van der Waals surface area contributed by atoms with Crippen molar-refractivity contribution in [2.45, 2.75) is 18.3 Å². The molecule has 0 aromatic heterocycles. The van der Waals surface area contributed by atoms with Crippen LogP contribution in [0.15, 0.2) is 24.3 Å². The Balaban J connectivity index is 2.84. The van der Waals surface area contributed by atoms with Gasteiger partial charge >= 0.3 is 6.18 Å². The van der Waals surface area contributed by atoms with Crippen molar-refractivity contribution in [3.05, 3.63) is 29.8 Å². The zero-order valence-electron chi connectivity index (χ0n) is 8.53. The molecule has 0 spiro atoms. The molecule has 0 radical (unpaired) electrons. The number of aliphatic hydroxyl groups is 1. The summed E-state index contributed by atoms with van der Waals surface area (Å²) in [5.41, 5.74) is 5.51. The molecule has 0 saturated carbocycles. The summed E-state index contributed by atoms with van der Waals surface area (Å²) >= 11 is 0. The summed E-state index contributed by atoms with van der Waals surface area (Å²) in [5.74, 6) is 0.512. The van der Waals surface area contributed by atoms with E-state index < -0.39 is 18.3 Å². The second-order valence-corrected chi connectivity index (χ2v) is 3.29. The molecule has 0 unspecified atom stereocenters. The molecule has 0 fully saturated rings. The van der Waals surface area contributed by atoms with Crippen molar-refractivity contribution in [1.82, 2.24) is 0 Å². The first-order chi connectivity index (χ1) is 7.36. The Bertz CT molecular complexity index is 337. The highest BCUT2D eigenvalue weighted by Gasteiger charge is 2.42. The predicted molar refractivity (Wildman–Crippen MR) is 52.0 cm³/mol. The van der Waals surface area contributed by atoms with Gasteiger partial charge in [0, 0.05) is 0 Å². The van der Waals surface area contributed by atoms with E-state index in [9.17, 15) is 13.2 Å². The highest BCUT2D eigenvalue weighted by Crippen LogP contribution is 2.29. The van der Waals surface area contributed by atoms with Crippen LogP contribution in [0.25, 0.3) is 0 Å². The van der Waals surface area contributed by atoms with Gasteiger partial charge in [0.15, 0.2) is 6.10 Å². The molecule has 2 atom stereocenters. The Morgan fingerprint density at radius 1 is 1.25 bits per heavy atom. The number of rotatable bonds is 3. The monoisotopic (exact) mass is 235 g/mol. The van der Waals surface area contributed by atoms with Gasteiger partial charge < -0.3 is 15.6 Å². The van der Waals surface area contributed by atoms with Gasteiger partial charge in [-0.1, -0.05) is 12.1 Å². The third-order valence-corrected chi connectivity index (χ3v) is 2.18. The van der Waals surface area contributed by atoms with Gasteiger partial charge in [0.1, 0.15) is 5.75 Å². The van der Waals surface area contributed by atoms with E-state index in [0.29, 0.717) is 5.75 Å². The summed E-state index contributed by atoms with van der Waals surface area (Å²) in [5, 5.41) is 8.95. The van der Waals surface area contributed by atoms with Gasteiger partial charge in [-0.15, -0.1) is 0 Å². The lowest BCUT2D eigenvalue weighted by molar-refractivity contribution is -0.210. The van der Waals surface area contributed by atoms with E-state index in [1.807, 2.05) is 0 Å². The molecule has 0 aliphatic rings. The number of methoxy groups -OCH3 is 1. The van der Waals surface area contributed by atoms with Gasteiger partial charge in [0.25, 0.3) is 0 Å². The molecule has 1 aromatic carbocycles. The molecule has 1 rings (SSSR count). The third-order valence-electron chi connectivity index (χ3n) is 2.18. The lowest BCUT2D eigenvalue weighted by Gasteiger charge is -2.21. The summed E-state index contributed by atoms with van der Waals surface area (Å²) in [6.07, 6.45) is -7.29. The summed E-state index contributed by atoms with van der Waals surface area (Å²) < 4.78 is 41.4. The molecular formula is C10H12F3NO2. The van der Waals surface area contributed by atoms with Crippen molar-refractivity contribution in [2.24, 2.45) is 5.73 Å². The molecule has 16 heavy (non-hydrogen) atoms. The van der Waals surface area contributed by atoms with Crippen LogP contribution < -0.4 is 10.5 Å². The lowest BCUT2D eigenvalue weighted by Crippen LogP contribution is -2.38. The minimum Gasteiger partial charge on any atom is -0.497 e. The van der Waals surface area contributed by atoms with Crippen LogP contribution >= 0.6 is 0 Å². The Morgan fingerprint density at radius 2 is 1.75 bits per heavy atom. The first-order valence-corrected chi connectivity index (χ1v) is 4.50. The van der Waals surface area contributed by atoms with Crippen molar-refractivity contribution >= 4 is 0 Å². The van der Waals surface area contributed by atoms with Gasteiger partial charge in [0.05, 0.1) is 13.2 Å². The fourth-order valence-electron chi connectivity index (χ4n) is 1.21. The highest BCUT2D eigenvalue weighted by molar-refractivity contribution is 5.29. The topological polar surface area (TPSA) is 55.5 Å². The number of alkyl halides is 3. The molecule has 0 amide bonds. The van der Waals surface area contributed by atoms with Gasteiger partial charge in [-0.25, -0.2) is 0 Å². The Kier molecular flexibility index (Phi) is 3.77. The van der Waals surface area contributed by atoms with Crippen LogP contribution in [0.5, 0.6) is 5.75 Å². The summed E-state index contributed by atoms with van der Waals surface area (Å²) in [6.45, 7) is 0. The van der Waals surface area contributed by atoms with E-state index in [0.717, 1.165) is 0 Å². The smallest absolute Gasteiger partial charge is 0.416 e. The van der Waals surface area contributed by atoms with Crippen LogP contribution in [0.1, 0.15) is 11.6 Å². The van der Waals surface area contributed by atoms with Crippen LogP contribution in [0.2, 0.25) is 0 Å². The standard InChI is InChI=1S/C10H12F3NO2/c1-16-7-4-2-6(3-5-7)8(14)9(15)10(11,12)13/h2-5,8-9,15H,14H2,1H3/t8-,9-/m1/s1. The summed E-state index contributed by atoms with van der Waals surface area (Å²) in [6, 6.07) is 4.25. The van der Waals surface area contributed by atoms with Gasteiger partial charge in [-0.3, -0.25) is 0 Å². The van der Waals surface area contributed by atoms with Crippen LogP contribution in [-0.2, 0) is 0 Å². The zero-order chi connectivity index (χ0) is 12.3. The maximum Gasteiger partial charge on any atom is 0.416 e. The molecule has 6 heteroatoms. The second kappa shape index (κ2) is 4.71. The van der Waals surface area contributed by atoms with Crippen molar-refractivity contribution in [2.75, 3.05) is 7.11 Å². The average molecular weight is 235 g/mol. The average Bonchev–Trinajstić information content (AvgIpc) is 2.26. The number of hydrogen-bond donors (Lipinski definition) is 2. The van der Waals surface area contributed by atoms with E-state index >= 15 is 0 Å².